The number of guanidine groups is 1. The number of aliphatic hydroxyl groups excluding tert-OH is 1. The van der Waals surface area contributed by atoms with Crippen LogP contribution in [0.3, 0.4) is 0 Å². The van der Waals surface area contributed by atoms with Crippen molar-refractivity contribution in [2.24, 2.45) is 4.99 Å². The number of benzene rings is 1. The van der Waals surface area contributed by atoms with E-state index in [9.17, 15) is 5.11 Å². The molecule has 1 aliphatic carbocycles. The second kappa shape index (κ2) is 12.6. The molecule has 0 aromatic heterocycles. The van der Waals surface area contributed by atoms with Crippen LogP contribution in [0.4, 0.5) is 0 Å². The van der Waals surface area contributed by atoms with Gasteiger partial charge in [-0.1, -0.05) is 23.7 Å². The molecule has 0 radical (unpaired) electrons. The Labute approximate surface area is 209 Å². The third-order valence-corrected chi connectivity index (χ3v) is 6.21. The van der Waals surface area contributed by atoms with Crippen LogP contribution in [0.1, 0.15) is 58.1 Å². The lowest BCUT2D eigenvalue weighted by atomic mass is 9.93. The molecule has 1 aromatic rings. The number of hydrogen-bond donors (Lipinski definition) is 3. The molecule has 1 aromatic carbocycles. The summed E-state index contributed by atoms with van der Waals surface area (Å²) in [5.41, 5.74) is 1.05. The lowest BCUT2D eigenvalue weighted by molar-refractivity contribution is -0.0967. The molecule has 1 atom stereocenters. The van der Waals surface area contributed by atoms with Gasteiger partial charge in [-0.25, -0.2) is 0 Å². The third kappa shape index (κ3) is 8.35. The fourth-order valence-corrected chi connectivity index (χ4v) is 4.47. The quantitative estimate of drug-likeness (QED) is 0.277. The van der Waals surface area contributed by atoms with Crippen molar-refractivity contribution < 1.29 is 9.84 Å². The first-order valence-corrected chi connectivity index (χ1v) is 11.6. The summed E-state index contributed by atoms with van der Waals surface area (Å²) in [7, 11) is 0. The van der Waals surface area contributed by atoms with Crippen molar-refractivity contribution in [1.29, 1.82) is 0 Å². The van der Waals surface area contributed by atoms with Crippen molar-refractivity contribution in [3.05, 3.63) is 34.9 Å². The van der Waals surface area contributed by atoms with Crippen LogP contribution in [0.15, 0.2) is 29.3 Å². The second-order valence-corrected chi connectivity index (χ2v) is 9.45. The summed E-state index contributed by atoms with van der Waals surface area (Å²) in [6, 6.07) is 8.64. The molecule has 1 heterocycles. The van der Waals surface area contributed by atoms with Crippen molar-refractivity contribution in [1.82, 2.24) is 15.5 Å². The molecule has 0 bridgehead atoms. The van der Waals surface area contributed by atoms with Gasteiger partial charge in [0.25, 0.3) is 0 Å². The van der Waals surface area contributed by atoms with Crippen molar-refractivity contribution in [2.45, 2.75) is 70.2 Å². The molecule has 1 saturated carbocycles. The Hall–Kier alpha value is -0.610. The molecule has 0 spiro atoms. The molecular formula is C23H38ClIN4O2. The standard InChI is InChI=1S/C23H37ClN4O2.HI/c1-4-25-22(27-19-9-11-20(29)12-10-19)26-15-21(17-5-7-18(24)8-6-17)28-13-14-30-23(2,3)16-28;/h5-8,19-21,29H,4,9-16H2,1-3H3,(H2,25,26,27);1H. The Kier molecular flexibility index (Phi) is 10.8. The zero-order valence-electron chi connectivity index (χ0n) is 18.9. The fourth-order valence-electron chi connectivity index (χ4n) is 4.35. The van der Waals surface area contributed by atoms with Crippen molar-refractivity contribution in [2.75, 3.05) is 32.8 Å². The monoisotopic (exact) mass is 564 g/mol. The van der Waals surface area contributed by atoms with E-state index in [0.29, 0.717) is 12.6 Å². The Bertz CT molecular complexity index is 693. The highest BCUT2D eigenvalue weighted by Crippen LogP contribution is 2.28. The van der Waals surface area contributed by atoms with Gasteiger partial charge in [0.2, 0.25) is 0 Å². The van der Waals surface area contributed by atoms with E-state index in [2.05, 4.69) is 48.4 Å². The molecule has 3 rings (SSSR count). The summed E-state index contributed by atoms with van der Waals surface area (Å²) in [5.74, 6) is 0.852. The molecule has 2 fully saturated rings. The first-order valence-electron chi connectivity index (χ1n) is 11.2. The van der Waals surface area contributed by atoms with E-state index in [4.69, 9.17) is 21.3 Å². The Balaban J connectivity index is 0.00000341. The van der Waals surface area contributed by atoms with Gasteiger partial charge >= 0.3 is 0 Å². The van der Waals surface area contributed by atoms with E-state index < -0.39 is 0 Å². The number of ether oxygens (including phenoxy) is 1. The second-order valence-electron chi connectivity index (χ2n) is 9.02. The topological polar surface area (TPSA) is 69.1 Å². The van der Waals surface area contributed by atoms with Gasteiger partial charge in [0.15, 0.2) is 5.96 Å². The number of rotatable bonds is 6. The molecule has 1 saturated heterocycles. The lowest BCUT2D eigenvalue weighted by Gasteiger charge is -2.42. The van der Waals surface area contributed by atoms with Crippen molar-refractivity contribution in [3.8, 4) is 0 Å². The molecule has 2 aliphatic rings. The lowest BCUT2D eigenvalue weighted by Crippen LogP contribution is -2.50. The summed E-state index contributed by atoms with van der Waals surface area (Å²) in [6.07, 6.45) is 3.51. The number of aliphatic imine (C=N–C) groups is 1. The van der Waals surface area contributed by atoms with E-state index in [0.717, 1.165) is 62.9 Å². The highest BCUT2D eigenvalue weighted by Gasteiger charge is 2.32. The van der Waals surface area contributed by atoms with Crippen LogP contribution in [0.5, 0.6) is 0 Å². The predicted octanol–water partition coefficient (Wildman–Crippen LogP) is 3.97. The predicted molar refractivity (Wildman–Crippen MR) is 139 cm³/mol. The first kappa shape index (κ1) is 26.6. The number of halogens is 2. The summed E-state index contributed by atoms with van der Waals surface area (Å²) in [6.45, 7) is 10.3. The zero-order valence-corrected chi connectivity index (χ0v) is 22.0. The summed E-state index contributed by atoms with van der Waals surface area (Å²) < 4.78 is 5.93. The van der Waals surface area contributed by atoms with Crippen LogP contribution in [0.25, 0.3) is 0 Å². The first-order chi connectivity index (χ1) is 14.4. The maximum Gasteiger partial charge on any atom is 0.191 e. The molecule has 176 valence electrons. The highest BCUT2D eigenvalue weighted by molar-refractivity contribution is 14.0. The smallest absolute Gasteiger partial charge is 0.191 e. The number of nitrogens with zero attached hydrogens (tertiary/aromatic N) is 2. The summed E-state index contributed by atoms with van der Waals surface area (Å²) in [5, 5.41) is 17.5. The van der Waals surface area contributed by atoms with E-state index in [-0.39, 0.29) is 41.7 Å². The van der Waals surface area contributed by atoms with Crippen LogP contribution in [0, 0.1) is 0 Å². The number of aliphatic hydroxyl groups is 1. The Morgan fingerprint density at radius 2 is 1.94 bits per heavy atom. The minimum Gasteiger partial charge on any atom is -0.393 e. The average Bonchev–Trinajstić information content (AvgIpc) is 2.70. The van der Waals surface area contributed by atoms with Gasteiger partial charge in [-0.2, -0.15) is 0 Å². The minimum absolute atomic E-state index is 0. The zero-order chi connectivity index (χ0) is 21.6. The number of morpholine rings is 1. The third-order valence-electron chi connectivity index (χ3n) is 5.95. The highest BCUT2D eigenvalue weighted by atomic mass is 127. The summed E-state index contributed by atoms with van der Waals surface area (Å²) >= 11 is 6.14. The average molecular weight is 565 g/mol. The SMILES string of the molecule is CCNC(=NCC(c1ccc(Cl)cc1)N1CCOC(C)(C)C1)NC1CCC(O)CC1.I. The van der Waals surface area contributed by atoms with E-state index in [1.807, 2.05) is 12.1 Å². The molecule has 6 nitrogen and oxygen atoms in total. The largest absolute Gasteiger partial charge is 0.393 e. The summed E-state index contributed by atoms with van der Waals surface area (Å²) in [4.78, 5) is 7.43. The maximum absolute atomic E-state index is 9.77. The normalized spacial score (nSPS) is 25.4. The van der Waals surface area contributed by atoms with Crippen LogP contribution in [-0.2, 0) is 4.74 Å². The van der Waals surface area contributed by atoms with E-state index >= 15 is 0 Å². The van der Waals surface area contributed by atoms with Crippen molar-refractivity contribution in [3.63, 3.8) is 0 Å². The Morgan fingerprint density at radius 1 is 1.26 bits per heavy atom. The van der Waals surface area contributed by atoms with Crippen LogP contribution < -0.4 is 10.6 Å². The molecule has 3 N–H and O–H groups in total. The molecule has 0 amide bonds. The van der Waals surface area contributed by atoms with Crippen molar-refractivity contribution >= 4 is 41.5 Å². The molecular weight excluding hydrogens is 527 g/mol. The van der Waals surface area contributed by atoms with Crippen LogP contribution in [0.2, 0.25) is 5.02 Å². The molecule has 8 heteroatoms. The molecule has 1 aliphatic heterocycles. The molecule has 31 heavy (non-hydrogen) atoms. The number of hydrogen-bond acceptors (Lipinski definition) is 4. The maximum atomic E-state index is 9.77. The van der Waals surface area contributed by atoms with E-state index in [1.54, 1.807) is 0 Å². The Morgan fingerprint density at radius 3 is 2.55 bits per heavy atom. The van der Waals surface area contributed by atoms with E-state index in [1.165, 1.54) is 5.56 Å². The van der Waals surface area contributed by atoms with Gasteiger partial charge < -0.3 is 20.5 Å². The van der Waals surface area contributed by atoms with Gasteiger partial charge in [-0.3, -0.25) is 9.89 Å². The van der Waals surface area contributed by atoms with Crippen LogP contribution >= 0.6 is 35.6 Å². The van der Waals surface area contributed by atoms with Gasteiger partial charge in [-0.15, -0.1) is 24.0 Å². The van der Waals surface area contributed by atoms with Gasteiger partial charge in [0.05, 0.1) is 30.9 Å². The number of nitrogens with one attached hydrogen (secondary N) is 2. The van der Waals surface area contributed by atoms with Gasteiger partial charge in [0, 0.05) is 30.7 Å². The molecule has 1 unspecified atom stereocenters. The van der Waals surface area contributed by atoms with Gasteiger partial charge in [0.1, 0.15) is 0 Å². The minimum atomic E-state index is -0.168. The fraction of sp³-hybridized carbons (Fsp3) is 0.696. The van der Waals surface area contributed by atoms with Gasteiger partial charge in [-0.05, 0) is 64.2 Å². The van der Waals surface area contributed by atoms with Crippen LogP contribution in [-0.4, -0.2) is 66.5 Å².